The molecule has 1 heterocycles. The standard InChI is InChI=1S/C11H16O4/c1-4-8-9(6-10(12)14-5-2)15-7(3)11(8)13/h7H,4-6H2,1-3H3. The van der Waals surface area contributed by atoms with Crippen molar-refractivity contribution in [2.24, 2.45) is 0 Å². The number of rotatable bonds is 4. The Labute approximate surface area is 89.2 Å². The molecule has 0 spiro atoms. The van der Waals surface area contributed by atoms with Gasteiger partial charge in [0.2, 0.25) is 5.78 Å². The number of esters is 1. The van der Waals surface area contributed by atoms with Crippen LogP contribution in [0.4, 0.5) is 0 Å². The van der Waals surface area contributed by atoms with Crippen molar-refractivity contribution in [1.82, 2.24) is 0 Å². The molecule has 0 fully saturated rings. The summed E-state index contributed by atoms with van der Waals surface area (Å²) in [6, 6.07) is 0. The molecule has 4 nitrogen and oxygen atoms in total. The fourth-order valence-electron chi connectivity index (χ4n) is 1.58. The topological polar surface area (TPSA) is 52.6 Å². The summed E-state index contributed by atoms with van der Waals surface area (Å²) in [5, 5.41) is 0. The number of Topliss-reactive ketones (excluding diaryl/α,β-unsaturated/α-hetero) is 1. The van der Waals surface area contributed by atoms with Gasteiger partial charge in [-0.1, -0.05) is 6.92 Å². The predicted molar refractivity (Wildman–Crippen MR) is 54.1 cm³/mol. The van der Waals surface area contributed by atoms with Crippen LogP contribution in [0.5, 0.6) is 0 Å². The molecule has 15 heavy (non-hydrogen) atoms. The van der Waals surface area contributed by atoms with Gasteiger partial charge in [0.25, 0.3) is 0 Å². The van der Waals surface area contributed by atoms with E-state index in [2.05, 4.69) is 0 Å². The molecule has 1 atom stereocenters. The number of ketones is 1. The average Bonchev–Trinajstić information content (AvgIpc) is 2.42. The lowest BCUT2D eigenvalue weighted by Gasteiger charge is -2.06. The third-order valence-corrected chi connectivity index (χ3v) is 2.29. The van der Waals surface area contributed by atoms with E-state index >= 15 is 0 Å². The average molecular weight is 212 g/mol. The molecule has 0 aliphatic carbocycles. The van der Waals surface area contributed by atoms with Gasteiger partial charge in [-0.15, -0.1) is 0 Å². The van der Waals surface area contributed by atoms with Gasteiger partial charge in [0.15, 0.2) is 6.10 Å². The Kier molecular flexibility index (Phi) is 3.88. The van der Waals surface area contributed by atoms with Crippen molar-refractivity contribution in [3.05, 3.63) is 11.3 Å². The Hall–Kier alpha value is -1.32. The summed E-state index contributed by atoms with van der Waals surface area (Å²) in [7, 11) is 0. The second-order valence-corrected chi connectivity index (χ2v) is 3.36. The number of carbonyl (C=O) groups excluding carboxylic acids is 2. The predicted octanol–water partition coefficient (Wildman–Crippen LogP) is 1.59. The Bertz CT molecular complexity index is 304. The maximum absolute atomic E-state index is 11.6. The zero-order valence-corrected chi connectivity index (χ0v) is 9.33. The summed E-state index contributed by atoms with van der Waals surface area (Å²) in [6.45, 7) is 5.66. The van der Waals surface area contributed by atoms with Crippen LogP contribution >= 0.6 is 0 Å². The molecule has 0 aromatic heterocycles. The van der Waals surface area contributed by atoms with Crippen LogP contribution in [0.2, 0.25) is 0 Å². The van der Waals surface area contributed by atoms with Crippen molar-refractivity contribution in [1.29, 1.82) is 0 Å². The SMILES string of the molecule is CCOC(=O)CC1=C(CC)C(=O)C(C)O1. The van der Waals surface area contributed by atoms with E-state index in [4.69, 9.17) is 9.47 Å². The van der Waals surface area contributed by atoms with Gasteiger partial charge in [-0.05, 0) is 20.3 Å². The molecule has 0 saturated carbocycles. The van der Waals surface area contributed by atoms with E-state index in [1.807, 2.05) is 6.92 Å². The van der Waals surface area contributed by atoms with E-state index in [1.165, 1.54) is 0 Å². The van der Waals surface area contributed by atoms with Gasteiger partial charge in [0.1, 0.15) is 12.2 Å². The van der Waals surface area contributed by atoms with Gasteiger partial charge in [-0.3, -0.25) is 9.59 Å². The van der Waals surface area contributed by atoms with Crippen LogP contribution in [0.3, 0.4) is 0 Å². The van der Waals surface area contributed by atoms with Crippen LogP contribution in [0.25, 0.3) is 0 Å². The summed E-state index contributed by atoms with van der Waals surface area (Å²) in [6.07, 6.45) is 0.203. The van der Waals surface area contributed by atoms with Crippen LogP contribution in [0.1, 0.15) is 33.6 Å². The van der Waals surface area contributed by atoms with Crippen LogP contribution in [-0.4, -0.2) is 24.5 Å². The first-order valence-corrected chi connectivity index (χ1v) is 5.18. The monoisotopic (exact) mass is 212 g/mol. The van der Waals surface area contributed by atoms with E-state index in [0.717, 1.165) is 0 Å². The Balaban J connectivity index is 2.71. The van der Waals surface area contributed by atoms with Crippen molar-refractivity contribution >= 4 is 11.8 Å². The molecule has 4 heteroatoms. The minimum Gasteiger partial charge on any atom is -0.486 e. The molecule has 1 aliphatic heterocycles. The fourth-order valence-corrected chi connectivity index (χ4v) is 1.58. The van der Waals surface area contributed by atoms with Crippen molar-refractivity contribution in [3.8, 4) is 0 Å². The molecule has 0 bridgehead atoms. The molecular formula is C11H16O4. The molecule has 84 valence electrons. The lowest BCUT2D eigenvalue weighted by atomic mass is 10.1. The molecule has 0 aromatic carbocycles. The van der Waals surface area contributed by atoms with Crippen LogP contribution in [-0.2, 0) is 19.1 Å². The third kappa shape index (κ3) is 2.58. The molecule has 1 aliphatic rings. The van der Waals surface area contributed by atoms with Gasteiger partial charge < -0.3 is 9.47 Å². The highest BCUT2D eigenvalue weighted by Gasteiger charge is 2.31. The van der Waals surface area contributed by atoms with Gasteiger partial charge in [0, 0.05) is 5.57 Å². The van der Waals surface area contributed by atoms with Gasteiger partial charge in [-0.25, -0.2) is 0 Å². The molecule has 0 radical (unpaired) electrons. The molecule has 0 saturated heterocycles. The number of hydrogen-bond acceptors (Lipinski definition) is 4. The van der Waals surface area contributed by atoms with Crippen LogP contribution in [0.15, 0.2) is 11.3 Å². The second-order valence-electron chi connectivity index (χ2n) is 3.36. The summed E-state index contributed by atoms with van der Waals surface area (Å²) >= 11 is 0. The Morgan fingerprint density at radius 3 is 2.67 bits per heavy atom. The Morgan fingerprint density at radius 1 is 1.47 bits per heavy atom. The summed E-state index contributed by atoms with van der Waals surface area (Å²) in [4.78, 5) is 22.8. The van der Waals surface area contributed by atoms with Crippen molar-refractivity contribution < 1.29 is 19.1 Å². The lowest BCUT2D eigenvalue weighted by Crippen LogP contribution is -2.13. The summed E-state index contributed by atoms with van der Waals surface area (Å²) < 4.78 is 10.1. The first kappa shape index (κ1) is 11.8. The molecule has 0 aromatic rings. The van der Waals surface area contributed by atoms with E-state index in [9.17, 15) is 9.59 Å². The van der Waals surface area contributed by atoms with E-state index in [-0.39, 0.29) is 18.2 Å². The summed E-state index contributed by atoms with van der Waals surface area (Å²) in [5.41, 5.74) is 0.621. The van der Waals surface area contributed by atoms with Crippen LogP contribution < -0.4 is 0 Å². The summed E-state index contributed by atoms with van der Waals surface area (Å²) in [5.74, 6) is 0.116. The van der Waals surface area contributed by atoms with E-state index in [0.29, 0.717) is 24.4 Å². The highest BCUT2D eigenvalue weighted by Crippen LogP contribution is 2.26. The van der Waals surface area contributed by atoms with Crippen molar-refractivity contribution in [2.75, 3.05) is 6.61 Å². The van der Waals surface area contributed by atoms with Gasteiger partial charge >= 0.3 is 5.97 Å². The highest BCUT2D eigenvalue weighted by atomic mass is 16.5. The van der Waals surface area contributed by atoms with Crippen molar-refractivity contribution in [3.63, 3.8) is 0 Å². The smallest absolute Gasteiger partial charge is 0.313 e. The minimum absolute atomic E-state index is 0.0169. The zero-order valence-electron chi connectivity index (χ0n) is 9.33. The van der Waals surface area contributed by atoms with Crippen LogP contribution in [0, 0.1) is 0 Å². The molecular weight excluding hydrogens is 196 g/mol. The van der Waals surface area contributed by atoms with E-state index < -0.39 is 6.10 Å². The zero-order chi connectivity index (χ0) is 11.4. The normalized spacial score (nSPS) is 20.5. The maximum Gasteiger partial charge on any atom is 0.313 e. The lowest BCUT2D eigenvalue weighted by molar-refractivity contribution is -0.143. The second kappa shape index (κ2) is 4.96. The van der Waals surface area contributed by atoms with Gasteiger partial charge in [-0.2, -0.15) is 0 Å². The highest BCUT2D eigenvalue weighted by molar-refractivity contribution is 6.01. The minimum atomic E-state index is -0.454. The van der Waals surface area contributed by atoms with E-state index in [1.54, 1.807) is 13.8 Å². The maximum atomic E-state index is 11.6. The van der Waals surface area contributed by atoms with Crippen molar-refractivity contribution in [2.45, 2.75) is 39.7 Å². The number of carbonyl (C=O) groups is 2. The quantitative estimate of drug-likeness (QED) is 0.664. The first-order chi connectivity index (χ1) is 7.10. The largest absolute Gasteiger partial charge is 0.486 e. The molecule has 1 unspecified atom stereocenters. The van der Waals surface area contributed by atoms with Gasteiger partial charge in [0.05, 0.1) is 6.61 Å². The fraction of sp³-hybridized carbons (Fsp3) is 0.636. The Morgan fingerprint density at radius 2 is 2.13 bits per heavy atom. The molecule has 0 N–H and O–H groups in total. The third-order valence-electron chi connectivity index (χ3n) is 2.29. The number of hydrogen-bond donors (Lipinski definition) is 0. The molecule has 0 amide bonds. The molecule has 1 rings (SSSR count). The first-order valence-electron chi connectivity index (χ1n) is 5.18. The number of ether oxygens (including phenoxy) is 2.